The van der Waals surface area contributed by atoms with Crippen molar-refractivity contribution in [1.29, 1.82) is 0 Å². The molecule has 3 heterocycles. The van der Waals surface area contributed by atoms with E-state index in [1.807, 2.05) is 47.0 Å². The monoisotopic (exact) mass is 408 g/mol. The number of nitrogens with zero attached hydrogens (tertiary/aromatic N) is 5. The standard InChI is InChI=1S/C21H24N6O3/c1-26(20-6-7-23-19(25-20)13-27-10-8-22-14-27)9-2-3-21(28)24-12-16-4-5-17-18(11-16)30-15-29-17/h4-8,10-11,14H,2-3,9,12-13,15H2,1H3,(H,24,28). The molecular weight excluding hydrogens is 384 g/mol. The van der Waals surface area contributed by atoms with Gasteiger partial charge >= 0.3 is 0 Å². The minimum atomic E-state index is 0.0181. The summed E-state index contributed by atoms with van der Waals surface area (Å²) in [5.74, 6) is 3.04. The Morgan fingerprint density at radius 3 is 3.00 bits per heavy atom. The number of anilines is 1. The molecule has 2 aromatic heterocycles. The van der Waals surface area contributed by atoms with Gasteiger partial charge in [-0.2, -0.15) is 0 Å². The van der Waals surface area contributed by atoms with Gasteiger partial charge in [0.15, 0.2) is 11.5 Å². The molecule has 0 fully saturated rings. The first kappa shape index (κ1) is 19.7. The molecule has 0 aliphatic carbocycles. The molecular formula is C21H24N6O3. The lowest BCUT2D eigenvalue weighted by atomic mass is 10.2. The second-order valence-electron chi connectivity index (χ2n) is 7.06. The van der Waals surface area contributed by atoms with Crippen LogP contribution >= 0.6 is 0 Å². The van der Waals surface area contributed by atoms with Gasteiger partial charge in [-0.05, 0) is 30.2 Å². The second-order valence-corrected chi connectivity index (χ2v) is 7.06. The van der Waals surface area contributed by atoms with Gasteiger partial charge in [-0.25, -0.2) is 15.0 Å². The third-order valence-corrected chi connectivity index (χ3v) is 4.79. The quantitative estimate of drug-likeness (QED) is 0.579. The van der Waals surface area contributed by atoms with E-state index in [4.69, 9.17) is 9.47 Å². The summed E-state index contributed by atoms with van der Waals surface area (Å²) >= 11 is 0. The number of imidazole rings is 1. The maximum absolute atomic E-state index is 12.2. The molecule has 0 atom stereocenters. The summed E-state index contributed by atoms with van der Waals surface area (Å²) in [4.78, 5) is 27.1. The summed E-state index contributed by atoms with van der Waals surface area (Å²) in [6, 6.07) is 7.56. The van der Waals surface area contributed by atoms with Crippen molar-refractivity contribution in [3.8, 4) is 11.5 Å². The van der Waals surface area contributed by atoms with E-state index >= 15 is 0 Å². The fraction of sp³-hybridized carbons (Fsp3) is 0.333. The van der Waals surface area contributed by atoms with Crippen molar-refractivity contribution in [2.75, 3.05) is 25.3 Å². The van der Waals surface area contributed by atoms with E-state index in [1.165, 1.54) is 0 Å². The SMILES string of the molecule is CN(CCCC(=O)NCc1ccc2c(c1)OCO2)c1ccnc(Cn2ccnc2)n1. The van der Waals surface area contributed by atoms with E-state index in [-0.39, 0.29) is 12.7 Å². The molecule has 156 valence electrons. The summed E-state index contributed by atoms with van der Waals surface area (Å²) in [5.41, 5.74) is 0.983. The minimum absolute atomic E-state index is 0.0181. The molecule has 1 aromatic carbocycles. The molecule has 30 heavy (non-hydrogen) atoms. The molecule has 0 bridgehead atoms. The summed E-state index contributed by atoms with van der Waals surface area (Å²) in [6.45, 7) is 2.01. The number of hydrogen-bond donors (Lipinski definition) is 1. The highest BCUT2D eigenvalue weighted by Gasteiger charge is 2.13. The summed E-state index contributed by atoms with van der Waals surface area (Å²) < 4.78 is 12.6. The van der Waals surface area contributed by atoms with Gasteiger partial charge in [0.05, 0.1) is 12.9 Å². The van der Waals surface area contributed by atoms with Crippen LogP contribution in [0.1, 0.15) is 24.2 Å². The molecule has 0 spiro atoms. The Morgan fingerprint density at radius 2 is 2.13 bits per heavy atom. The lowest BCUT2D eigenvalue weighted by Gasteiger charge is -2.18. The van der Waals surface area contributed by atoms with Gasteiger partial charge in [0.25, 0.3) is 0 Å². The van der Waals surface area contributed by atoms with Crippen molar-refractivity contribution >= 4 is 11.7 Å². The van der Waals surface area contributed by atoms with Crippen molar-refractivity contribution in [2.45, 2.75) is 25.9 Å². The second kappa shape index (κ2) is 9.25. The van der Waals surface area contributed by atoms with Gasteiger partial charge in [0.1, 0.15) is 11.6 Å². The van der Waals surface area contributed by atoms with E-state index in [9.17, 15) is 4.79 Å². The molecule has 0 radical (unpaired) electrons. The predicted molar refractivity (Wildman–Crippen MR) is 110 cm³/mol. The first-order valence-electron chi connectivity index (χ1n) is 9.81. The fourth-order valence-corrected chi connectivity index (χ4v) is 3.15. The molecule has 1 aliphatic rings. The number of benzene rings is 1. The van der Waals surface area contributed by atoms with Gasteiger partial charge in [0, 0.05) is 45.1 Å². The van der Waals surface area contributed by atoms with Crippen LogP contribution in [-0.2, 0) is 17.9 Å². The third kappa shape index (κ3) is 5.05. The Hall–Kier alpha value is -3.62. The number of rotatable bonds is 9. The highest BCUT2D eigenvalue weighted by Crippen LogP contribution is 2.32. The number of aromatic nitrogens is 4. The van der Waals surface area contributed by atoms with E-state index in [0.29, 0.717) is 19.5 Å². The highest BCUT2D eigenvalue weighted by molar-refractivity contribution is 5.75. The van der Waals surface area contributed by atoms with E-state index in [2.05, 4.69) is 20.3 Å². The molecule has 3 aromatic rings. The van der Waals surface area contributed by atoms with E-state index in [1.54, 1.807) is 18.7 Å². The predicted octanol–water partition coefficient (Wildman–Crippen LogP) is 1.98. The number of amides is 1. The Labute approximate surface area is 174 Å². The molecule has 0 saturated heterocycles. The first-order valence-corrected chi connectivity index (χ1v) is 9.81. The van der Waals surface area contributed by atoms with Gasteiger partial charge in [0.2, 0.25) is 12.7 Å². The lowest BCUT2D eigenvalue weighted by molar-refractivity contribution is -0.121. The molecule has 0 saturated carbocycles. The summed E-state index contributed by atoms with van der Waals surface area (Å²) in [5, 5.41) is 2.95. The average molecular weight is 408 g/mol. The number of carbonyl (C=O) groups excluding carboxylic acids is 1. The fourth-order valence-electron chi connectivity index (χ4n) is 3.15. The van der Waals surface area contributed by atoms with Crippen molar-refractivity contribution in [1.82, 2.24) is 24.8 Å². The topological polar surface area (TPSA) is 94.4 Å². The number of hydrogen-bond acceptors (Lipinski definition) is 7. The van der Waals surface area contributed by atoms with Crippen molar-refractivity contribution in [2.24, 2.45) is 0 Å². The van der Waals surface area contributed by atoms with E-state index < -0.39 is 0 Å². The Kier molecular flexibility index (Phi) is 6.07. The van der Waals surface area contributed by atoms with Crippen molar-refractivity contribution in [3.05, 3.63) is 60.6 Å². The maximum Gasteiger partial charge on any atom is 0.231 e. The van der Waals surface area contributed by atoms with Crippen LogP contribution < -0.4 is 19.7 Å². The van der Waals surface area contributed by atoms with Crippen LogP contribution in [-0.4, -0.2) is 45.8 Å². The lowest BCUT2D eigenvalue weighted by Crippen LogP contribution is -2.25. The summed E-state index contributed by atoms with van der Waals surface area (Å²) in [7, 11) is 1.97. The molecule has 1 N–H and O–H groups in total. The normalized spacial score (nSPS) is 12.0. The van der Waals surface area contributed by atoms with Gasteiger partial charge in [-0.3, -0.25) is 4.79 Å². The number of ether oxygens (including phenoxy) is 2. The van der Waals surface area contributed by atoms with Gasteiger partial charge in [-0.15, -0.1) is 0 Å². The third-order valence-electron chi connectivity index (χ3n) is 4.79. The van der Waals surface area contributed by atoms with Crippen molar-refractivity contribution in [3.63, 3.8) is 0 Å². The molecule has 1 aliphatic heterocycles. The van der Waals surface area contributed by atoms with Crippen LogP contribution in [0, 0.1) is 0 Å². The Morgan fingerprint density at radius 1 is 1.23 bits per heavy atom. The van der Waals surface area contributed by atoms with E-state index in [0.717, 1.165) is 41.7 Å². The number of fused-ring (bicyclic) bond motifs is 1. The zero-order chi connectivity index (χ0) is 20.8. The first-order chi connectivity index (χ1) is 14.7. The smallest absolute Gasteiger partial charge is 0.231 e. The molecule has 9 heteroatoms. The highest BCUT2D eigenvalue weighted by atomic mass is 16.7. The number of carbonyl (C=O) groups is 1. The molecule has 9 nitrogen and oxygen atoms in total. The van der Waals surface area contributed by atoms with Crippen LogP contribution in [0.3, 0.4) is 0 Å². The zero-order valence-corrected chi connectivity index (χ0v) is 16.8. The average Bonchev–Trinajstić information content (AvgIpc) is 3.44. The van der Waals surface area contributed by atoms with Crippen molar-refractivity contribution < 1.29 is 14.3 Å². The van der Waals surface area contributed by atoms with Crippen LogP contribution in [0.5, 0.6) is 11.5 Å². The maximum atomic E-state index is 12.2. The molecule has 0 unspecified atom stereocenters. The number of nitrogens with one attached hydrogen (secondary N) is 1. The van der Waals surface area contributed by atoms with Gasteiger partial charge in [-0.1, -0.05) is 6.07 Å². The van der Waals surface area contributed by atoms with Crippen LogP contribution in [0.2, 0.25) is 0 Å². The zero-order valence-electron chi connectivity index (χ0n) is 16.8. The molecule has 1 amide bonds. The Balaban J connectivity index is 1.20. The van der Waals surface area contributed by atoms with Gasteiger partial charge < -0.3 is 24.3 Å². The van der Waals surface area contributed by atoms with Crippen LogP contribution in [0.15, 0.2) is 49.2 Å². The Bertz CT molecular complexity index is 992. The largest absolute Gasteiger partial charge is 0.454 e. The van der Waals surface area contributed by atoms with Crippen LogP contribution in [0.4, 0.5) is 5.82 Å². The summed E-state index contributed by atoms with van der Waals surface area (Å²) in [6.07, 6.45) is 8.27. The minimum Gasteiger partial charge on any atom is -0.454 e. The van der Waals surface area contributed by atoms with Crippen LogP contribution in [0.25, 0.3) is 0 Å². The molecule has 4 rings (SSSR count).